The summed E-state index contributed by atoms with van der Waals surface area (Å²) in [5, 5.41) is 2.74. The van der Waals surface area contributed by atoms with Crippen LogP contribution in [-0.2, 0) is 4.79 Å². The van der Waals surface area contributed by atoms with Gasteiger partial charge in [-0.1, -0.05) is 25.1 Å². The largest absolute Gasteiger partial charge is 0.495 e. The molecule has 2 aromatic carbocycles. The molecule has 0 radical (unpaired) electrons. The minimum absolute atomic E-state index is 0.124. The molecular weight excluding hydrogens is 323 g/mol. The number of para-hydroxylation sites is 2. The zero-order valence-electron chi connectivity index (χ0n) is 14.3. The Kier molecular flexibility index (Phi) is 6.51. The second kappa shape index (κ2) is 8.82. The van der Waals surface area contributed by atoms with Crippen LogP contribution in [0.25, 0.3) is 0 Å². The molecule has 0 unspecified atom stereocenters. The van der Waals surface area contributed by atoms with Gasteiger partial charge < -0.3 is 15.0 Å². The molecule has 2 amide bonds. The number of rotatable bonds is 7. The first-order chi connectivity index (χ1) is 12.0. The van der Waals surface area contributed by atoms with Crippen molar-refractivity contribution >= 4 is 17.5 Å². The van der Waals surface area contributed by atoms with E-state index in [1.807, 2.05) is 6.92 Å². The predicted molar refractivity (Wildman–Crippen MR) is 94.2 cm³/mol. The number of ether oxygens (including phenoxy) is 1. The van der Waals surface area contributed by atoms with Crippen molar-refractivity contribution in [3.63, 3.8) is 0 Å². The average Bonchev–Trinajstić information content (AvgIpc) is 2.61. The summed E-state index contributed by atoms with van der Waals surface area (Å²) in [5.41, 5.74) is 0.753. The highest BCUT2D eigenvalue weighted by Crippen LogP contribution is 2.22. The van der Waals surface area contributed by atoms with Gasteiger partial charge in [0.1, 0.15) is 18.1 Å². The SMILES string of the molecule is CCCN(CC(=O)Nc1ccccc1OC)C(=O)c1cccc(F)c1. The Bertz CT molecular complexity index is 749. The van der Waals surface area contributed by atoms with E-state index in [1.165, 1.54) is 36.3 Å². The first-order valence-corrected chi connectivity index (χ1v) is 8.03. The highest BCUT2D eigenvalue weighted by atomic mass is 19.1. The molecule has 0 fully saturated rings. The van der Waals surface area contributed by atoms with E-state index in [9.17, 15) is 14.0 Å². The van der Waals surface area contributed by atoms with Crippen LogP contribution >= 0.6 is 0 Å². The minimum Gasteiger partial charge on any atom is -0.495 e. The minimum atomic E-state index is -0.485. The molecule has 0 saturated heterocycles. The van der Waals surface area contributed by atoms with Gasteiger partial charge in [-0.25, -0.2) is 4.39 Å². The summed E-state index contributed by atoms with van der Waals surface area (Å²) >= 11 is 0. The molecule has 0 spiro atoms. The zero-order valence-corrected chi connectivity index (χ0v) is 14.3. The number of hydrogen-bond acceptors (Lipinski definition) is 3. The van der Waals surface area contributed by atoms with Crippen molar-refractivity contribution in [3.8, 4) is 5.75 Å². The Balaban J connectivity index is 2.10. The molecule has 0 atom stereocenters. The fourth-order valence-electron chi connectivity index (χ4n) is 2.44. The van der Waals surface area contributed by atoms with E-state index in [1.54, 1.807) is 24.3 Å². The van der Waals surface area contributed by atoms with Crippen LogP contribution in [0, 0.1) is 5.82 Å². The molecule has 132 valence electrons. The molecular formula is C19H21FN2O3. The maximum absolute atomic E-state index is 13.3. The van der Waals surface area contributed by atoms with Crippen LogP contribution in [0.1, 0.15) is 23.7 Å². The first kappa shape index (κ1) is 18.4. The lowest BCUT2D eigenvalue weighted by atomic mass is 10.2. The van der Waals surface area contributed by atoms with Gasteiger partial charge in [0.25, 0.3) is 5.91 Å². The first-order valence-electron chi connectivity index (χ1n) is 8.03. The lowest BCUT2D eigenvalue weighted by Crippen LogP contribution is -2.38. The van der Waals surface area contributed by atoms with Crippen LogP contribution in [-0.4, -0.2) is 36.9 Å². The number of halogens is 1. The van der Waals surface area contributed by atoms with Crippen LogP contribution in [0.3, 0.4) is 0 Å². The maximum atomic E-state index is 13.3. The third-order valence-corrected chi connectivity index (χ3v) is 3.57. The summed E-state index contributed by atoms with van der Waals surface area (Å²) in [6, 6.07) is 12.5. The number of nitrogens with zero attached hydrogens (tertiary/aromatic N) is 1. The molecule has 25 heavy (non-hydrogen) atoms. The van der Waals surface area contributed by atoms with E-state index in [4.69, 9.17) is 4.74 Å². The van der Waals surface area contributed by atoms with Crippen molar-refractivity contribution in [2.75, 3.05) is 25.5 Å². The van der Waals surface area contributed by atoms with Gasteiger partial charge >= 0.3 is 0 Å². The third-order valence-electron chi connectivity index (χ3n) is 3.57. The highest BCUT2D eigenvalue weighted by molar-refractivity contribution is 5.99. The van der Waals surface area contributed by atoms with Gasteiger partial charge in [-0.3, -0.25) is 9.59 Å². The molecule has 2 rings (SSSR count). The van der Waals surface area contributed by atoms with Crippen molar-refractivity contribution in [3.05, 3.63) is 59.9 Å². The van der Waals surface area contributed by atoms with Crippen LogP contribution in [0.4, 0.5) is 10.1 Å². The summed E-state index contributed by atoms with van der Waals surface area (Å²) in [5.74, 6) is -0.672. The fourth-order valence-corrected chi connectivity index (χ4v) is 2.44. The molecule has 0 aliphatic rings. The summed E-state index contributed by atoms with van der Waals surface area (Å²) < 4.78 is 18.5. The molecule has 0 bridgehead atoms. The summed E-state index contributed by atoms with van der Waals surface area (Å²) in [6.07, 6.45) is 0.684. The van der Waals surface area contributed by atoms with Gasteiger partial charge in [-0.15, -0.1) is 0 Å². The van der Waals surface area contributed by atoms with Crippen molar-refractivity contribution < 1.29 is 18.7 Å². The van der Waals surface area contributed by atoms with Gasteiger partial charge in [-0.2, -0.15) is 0 Å². The van der Waals surface area contributed by atoms with E-state index in [2.05, 4.69) is 5.32 Å². The van der Waals surface area contributed by atoms with Crippen LogP contribution in [0.15, 0.2) is 48.5 Å². The Morgan fingerprint density at radius 2 is 1.92 bits per heavy atom. The monoisotopic (exact) mass is 344 g/mol. The van der Waals surface area contributed by atoms with Gasteiger partial charge in [0.15, 0.2) is 0 Å². The van der Waals surface area contributed by atoms with Crippen molar-refractivity contribution in [1.29, 1.82) is 0 Å². The van der Waals surface area contributed by atoms with Crippen LogP contribution < -0.4 is 10.1 Å². The maximum Gasteiger partial charge on any atom is 0.254 e. The van der Waals surface area contributed by atoms with E-state index < -0.39 is 5.82 Å². The van der Waals surface area contributed by atoms with Crippen LogP contribution in [0.2, 0.25) is 0 Å². The van der Waals surface area contributed by atoms with Crippen molar-refractivity contribution in [2.24, 2.45) is 0 Å². The van der Waals surface area contributed by atoms with E-state index in [0.717, 1.165) is 0 Å². The second-order valence-corrected chi connectivity index (χ2v) is 5.49. The van der Waals surface area contributed by atoms with Gasteiger partial charge in [0, 0.05) is 12.1 Å². The fraction of sp³-hybridized carbons (Fsp3) is 0.263. The molecule has 0 aliphatic heterocycles. The van der Waals surface area contributed by atoms with E-state index in [-0.39, 0.29) is 23.9 Å². The number of anilines is 1. The van der Waals surface area contributed by atoms with E-state index >= 15 is 0 Å². The van der Waals surface area contributed by atoms with Gasteiger partial charge in [0.05, 0.1) is 12.8 Å². The number of methoxy groups -OCH3 is 1. The predicted octanol–water partition coefficient (Wildman–Crippen LogP) is 3.33. The van der Waals surface area contributed by atoms with Gasteiger partial charge in [-0.05, 0) is 36.8 Å². The molecule has 6 heteroatoms. The number of carbonyl (C=O) groups excluding carboxylic acids is 2. The Labute approximate surface area is 146 Å². The summed E-state index contributed by atoms with van der Waals surface area (Å²) in [6.45, 7) is 2.18. The second-order valence-electron chi connectivity index (χ2n) is 5.49. The lowest BCUT2D eigenvalue weighted by molar-refractivity contribution is -0.116. The van der Waals surface area contributed by atoms with E-state index in [0.29, 0.717) is 24.4 Å². The standard InChI is InChI=1S/C19H21FN2O3/c1-3-11-22(19(24)14-7-6-8-15(20)12-14)13-18(23)21-16-9-4-5-10-17(16)25-2/h4-10,12H,3,11,13H2,1-2H3,(H,21,23). The summed E-state index contributed by atoms with van der Waals surface area (Å²) in [4.78, 5) is 26.3. The zero-order chi connectivity index (χ0) is 18.2. The summed E-state index contributed by atoms with van der Waals surface area (Å²) in [7, 11) is 1.52. The van der Waals surface area contributed by atoms with Crippen LogP contribution in [0.5, 0.6) is 5.75 Å². The molecule has 0 heterocycles. The Hall–Kier alpha value is -2.89. The molecule has 0 saturated carbocycles. The molecule has 1 N–H and O–H groups in total. The normalized spacial score (nSPS) is 10.2. The lowest BCUT2D eigenvalue weighted by Gasteiger charge is -2.22. The molecule has 0 aromatic heterocycles. The number of amides is 2. The molecule has 0 aliphatic carbocycles. The topological polar surface area (TPSA) is 58.6 Å². The highest BCUT2D eigenvalue weighted by Gasteiger charge is 2.19. The number of carbonyl (C=O) groups is 2. The van der Waals surface area contributed by atoms with Crippen molar-refractivity contribution in [2.45, 2.75) is 13.3 Å². The quantitative estimate of drug-likeness (QED) is 0.838. The number of benzene rings is 2. The van der Waals surface area contributed by atoms with Crippen molar-refractivity contribution in [1.82, 2.24) is 4.90 Å². The third kappa shape index (κ3) is 5.04. The Morgan fingerprint density at radius 3 is 2.60 bits per heavy atom. The Morgan fingerprint density at radius 1 is 1.16 bits per heavy atom. The average molecular weight is 344 g/mol. The van der Waals surface area contributed by atoms with Gasteiger partial charge in [0.2, 0.25) is 5.91 Å². The molecule has 5 nitrogen and oxygen atoms in total. The smallest absolute Gasteiger partial charge is 0.254 e. The number of hydrogen-bond donors (Lipinski definition) is 1. The number of nitrogens with one attached hydrogen (secondary N) is 1. The molecule has 2 aromatic rings.